The van der Waals surface area contributed by atoms with Gasteiger partial charge >= 0.3 is 5.69 Å². The molecule has 0 atom stereocenters. The van der Waals surface area contributed by atoms with Crippen LogP contribution in [0.2, 0.25) is 0 Å². The number of aromatic nitrogens is 2. The minimum Gasteiger partial charge on any atom is -0.508 e. The van der Waals surface area contributed by atoms with Crippen molar-refractivity contribution in [3.05, 3.63) is 57.4 Å². The van der Waals surface area contributed by atoms with Crippen molar-refractivity contribution in [3.8, 4) is 5.75 Å². The molecule has 3 aromatic rings. The summed E-state index contributed by atoms with van der Waals surface area (Å²) in [5.41, 5.74) is 2.19. The van der Waals surface area contributed by atoms with Crippen molar-refractivity contribution in [3.63, 3.8) is 0 Å². The molecule has 0 saturated heterocycles. The summed E-state index contributed by atoms with van der Waals surface area (Å²) in [5, 5.41) is 12.4. The first-order valence-corrected chi connectivity index (χ1v) is 9.81. The van der Waals surface area contributed by atoms with Gasteiger partial charge < -0.3 is 15.4 Å². The molecule has 1 amide bonds. The molecule has 0 aliphatic heterocycles. The second-order valence-electron chi connectivity index (χ2n) is 6.98. The van der Waals surface area contributed by atoms with Crippen LogP contribution in [-0.4, -0.2) is 20.6 Å². The van der Waals surface area contributed by atoms with E-state index >= 15 is 0 Å². The molecular formula is C20H20BrN3O3. The van der Waals surface area contributed by atoms with Gasteiger partial charge in [0.25, 0.3) is 0 Å². The summed E-state index contributed by atoms with van der Waals surface area (Å²) in [5.74, 6) is 0.00527. The number of para-hydroxylation sites is 1. The van der Waals surface area contributed by atoms with E-state index in [0.29, 0.717) is 5.69 Å². The van der Waals surface area contributed by atoms with Gasteiger partial charge in [0, 0.05) is 28.2 Å². The number of hydrogen-bond acceptors (Lipinski definition) is 3. The number of halogens is 1. The number of imidazole rings is 1. The molecule has 0 radical (unpaired) electrons. The van der Waals surface area contributed by atoms with Crippen molar-refractivity contribution in [2.24, 2.45) is 5.92 Å². The average Bonchev–Trinajstić information content (AvgIpc) is 2.99. The lowest BCUT2D eigenvalue weighted by molar-refractivity contribution is -0.121. The zero-order valence-corrected chi connectivity index (χ0v) is 16.2. The van der Waals surface area contributed by atoms with Crippen molar-refractivity contribution in [1.29, 1.82) is 0 Å². The highest BCUT2D eigenvalue weighted by molar-refractivity contribution is 9.10. The van der Waals surface area contributed by atoms with Crippen LogP contribution in [0, 0.1) is 5.92 Å². The van der Waals surface area contributed by atoms with Gasteiger partial charge in [-0.15, -0.1) is 0 Å². The number of phenols is 1. The van der Waals surface area contributed by atoms with Crippen LogP contribution in [0.4, 0.5) is 5.69 Å². The molecule has 2 aromatic carbocycles. The maximum atomic E-state index is 12.5. The summed E-state index contributed by atoms with van der Waals surface area (Å²) in [6.45, 7) is 0. The van der Waals surface area contributed by atoms with Gasteiger partial charge in [-0.25, -0.2) is 4.79 Å². The number of hydrogen-bond donors (Lipinski definition) is 3. The standard InChI is InChI=1S/C20H20BrN3O3/c21-16-5-2-6-17-18(16)23-20(27)24(17)14-9-7-12(8-10-14)19(26)22-13-3-1-4-15(25)11-13/h1-6,11-12,14,25H,7-10H2,(H,22,26)(H,23,27). The summed E-state index contributed by atoms with van der Waals surface area (Å²) < 4.78 is 2.69. The third-order valence-corrected chi connectivity index (χ3v) is 5.91. The van der Waals surface area contributed by atoms with E-state index in [1.165, 1.54) is 6.07 Å². The predicted octanol–water partition coefficient (Wildman–Crippen LogP) is 4.17. The molecule has 1 aliphatic rings. The van der Waals surface area contributed by atoms with Crippen molar-refractivity contribution in [2.45, 2.75) is 31.7 Å². The quantitative estimate of drug-likeness (QED) is 0.583. The minimum atomic E-state index is -0.107. The Labute approximate surface area is 164 Å². The van der Waals surface area contributed by atoms with Gasteiger partial charge in [-0.3, -0.25) is 9.36 Å². The second-order valence-corrected chi connectivity index (χ2v) is 7.83. The van der Waals surface area contributed by atoms with Gasteiger partial charge in [0.15, 0.2) is 0 Å². The molecule has 1 saturated carbocycles. The van der Waals surface area contributed by atoms with Gasteiger partial charge in [-0.05, 0) is 65.9 Å². The van der Waals surface area contributed by atoms with Gasteiger partial charge in [0.1, 0.15) is 5.75 Å². The summed E-state index contributed by atoms with van der Waals surface area (Å²) in [6.07, 6.45) is 3.00. The Kier molecular flexibility index (Phi) is 4.78. The number of benzene rings is 2. The van der Waals surface area contributed by atoms with Gasteiger partial charge in [0.05, 0.1) is 11.0 Å². The van der Waals surface area contributed by atoms with Crippen LogP contribution < -0.4 is 11.0 Å². The number of aromatic hydroxyl groups is 1. The van der Waals surface area contributed by atoms with E-state index in [1.807, 2.05) is 22.8 Å². The topological polar surface area (TPSA) is 87.1 Å². The minimum absolute atomic E-state index is 0.0342. The number of carbonyl (C=O) groups is 1. The number of amides is 1. The lowest BCUT2D eigenvalue weighted by Gasteiger charge is -2.28. The summed E-state index contributed by atoms with van der Waals surface area (Å²) in [4.78, 5) is 27.9. The lowest BCUT2D eigenvalue weighted by Crippen LogP contribution is -2.31. The van der Waals surface area contributed by atoms with Crippen molar-refractivity contribution >= 4 is 38.6 Å². The highest BCUT2D eigenvalue weighted by Crippen LogP contribution is 2.34. The number of fused-ring (bicyclic) bond motifs is 1. The van der Waals surface area contributed by atoms with Gasteiger partial charge in [-0.1, -0.05) is 12.1 Å². The van der Waals surface area contributed by atoms with Crippen molar-refractivity contribution in [2.75, 3.05) is 5.32 Å². The van der Waals surface area contributed by atoms with Crippen LogP contribution in [-0.2, 0) is 4.79 Å². The Morgan fingerprint density at radius 3 is 2.63 bits per heavy atom. The van der Waals surface area contributed by atoms with Crippen molar-refractivity contribution in [1.82, 2.24) is 9.55 Å². The van der Waals surface area contributed by atoms with E-state index in [-0.39, 0.29) is 29.3 Å². The van der Waals surface area contributed by atoms with Crippen LogP contribution in [0.5, 0.6) is 5.75 Å². The first-order chi connectivity index (χ1) is 13.0. The molecule has 3 N–H and O–H groups in total. The molecule has 4 rings (SSSR count). The number of phenolic OH excluding ortho intramolecular Hbond substituents is 1. The first-order valence-electron chi connectivity index (χ1n) is 9.01. The molecule has 0 spiro atoms. The second kappa shape index (κ2) is 7.23. The molecular weight excluding hydrogens is 410 g/mol. The number of anilines is 1. The highest BCUT2D eigenvalue weighted by Gasteiger charge is 2.29. The third-order valence-electron chi connectivity index (χ3n) is 5.25. The molecule has 7 heteroatoms. The fraction of sp³-hybridized carbons (Fsp3) is 0.300. The SMILES string of the molecule is O=C(Nc1cccc(O)c1)C1CCC(n2c(=O)[nH]c3c(Br)cccc32)CC1. The summed E-state index contributed by atoms with van der Waals surface area (Å²) in [7, 11) is 0. The molecule has 140 valence electrons. The first kappa shape index (κ1) is 17.9. The molecule has 1 fully saturated rings. The Hall–Kier alpha value is -2.54. The monoisotopic (exact) mass is 429 g/mol. The zero-order valence-electron chi connectivity index (χ0n) is 14.6. The van der Waals surface area contributed by atoms with E-state index in [4.69, 9.17) is 0 Å². The highest BCUT2D eigenvalue weighted by atomic mass is 79.9. The average molecular weight is 430 g/mol. The van der Waals surface area contributed by atoms with Crippen LogP contribution in [0.3, 0.4) is 0 Å². The maximum absolute atomic E-state index is 12.5. The van der Waals surface area contributed by atoms with E-state index in [9.17, 15) is 14.7 Å². The normalized spacial score (nSPS) is 19.9. The Morgan fingerprint density at radius 2 is 1.89 bits per heavy atom. The maximum Gasteiger partial charge on any atom is 0.326 e. The number of nitrogens with zero attached hydrogens (tertiary/aromatic N) is 1. The van der Waals surface area contributed by atoms with E-state index in [2.05, 4.69) is 26.2 Å². The Balaban J connectivity index is 1.46. The van der Waals surface area contributed by atoms with E-state index < -0.39 is 0 Å². The summed E-state index contributed by atoms with van der Waals surface area (Å²) >= 11 is 3.48. The zero-order chi connectivity index (χ0) is 19.0. The number of aromatic amines is 1. The molecule has 1 aromatic heterocycles. The number of carbonyl (C=O) groups excluding carboxylic acids is 1. The largest absolute Gasteiger partial charge is 0.508 e. The molecule has 1 heterocycles. The van der Waals surface area contributed by atoms with Crippen LogP contribution in [0.1, 0.15) is 31.7 Å². The third kappa shape index (κ3) is 3.51. The fourth-order valence-electron chi connectivity index (χ4n) is 3.90. The molecule has 6 nitrogen and oxygen atoms in total. The fourth-order valence-corrected chi connectivity index (χ4v) is 4.36. The predicted molar refractivity (Wildman–Crippen MR) is 108 cm³/mol. The Bertz CT molecular complexity index is 1050. The molecule has 0 unspecified atom stereocenters. The van der Waals surface area contributed by atoms with Gasteiger partial charge in [-0.2, -0.15) is 0 Å². The van der Waals surface area contributed by atoms with E-state index in [1.54, 1.807) is 18.2 Å². The smallest absolute Gasteiger partial charge is 0.326 e. The Morgan fingerprint density at radius 1 is 1.15 bits per heavy atom. The molecule has 27 heavy (non-hydrogen) atoms. The molecule has 0 bridgehead atoms. The lowest BCUT2D eigenvalue weighted by atomic mass is 9.85. The van der Waals surface area contributed by atoms with Crippen molar-refractivity contribution < 1.29 is 9.90 Å². The number of nitrogens with one attached hydrogen (secondary N) is 2. The van der Waals surface area contributed by atoms with E-state index in [0.717, 1.165) is 41.2 Å². The molecule has 1 aliphatic carbocycles. The van der Waals surface area contributed by atoms with Gasteiger partial charge in [0.2, 0.25) is 5.91 Å². The summed E-state index contributed by atoms with van der Waals surface area (Å²) in [6, 6.07) is 12.4. The number of rotatable bonds is 3. The van der Waals surface area contributed by atoms with Crippen LogP contribution in [0.25, 0.3) is 11.0 Å². The number of H-pyrrole nitrogens is 1. The van der Waals surface area contributed by atoms with Crippen LogP contribution in [0.15, 0.2) is 51.7 Å². The van der Waals surface area contributed by atoms with Crippen LogP contribution >= 0.6 is 15.9 Å².